The SMILES string of the molecule is CCOC(=O)c1[nH]nc(-c2ccc(F)cc2)c1N=Nc1ccccc1. The van der Waals surface area contributed by atoms with Crippen LogP contribution in [0.25, 0.3) is 11.3 Å². The lowest BCUT2D eigenvalue weighted by Gasteiger charge is -2.01. The Morgan fingerprint density at radius 1 is 1.12 bits per heavy atom. The molecule has 2 aromatic carbocycles. The molecule has 0 bridgehead atoms. The molecule has 0 aliphatic heterocycles. The van der Waals surface area contributed by atoms with Gasteiger partial charge in [-0.05, 0) is 43.3 Å². The Bertz CT molecular complexity index is 889. The number of halogens is 1. The van der Waals surface area contributed by atoms with Crippen LogP contribution in [0.2, 0.25) is 0 Å². The van der Waals surface area contributed by atoms with E-state index in [1.807, 2.05) is 18.2 Å². The predicted octanol–water partition coefficient (Wildman–Crippen LogP) is 4.81. The first-order valence-corrected chi connectivity index (χ1v) is 7.67. The van der Waals surface area contributed by atoms with Gasteiger partial charge in [-0.1, -0.05) is 18.2 Å². The molecule has 0 unspecified atom stereocenters. The normalized spacial score (nSPS) is 11.0. The van der Waals surface area contributed by atoms with E-state index >= 15 is 0 Å². The van der Waals surface area contributed by atoms with Crippen LogP contribution in [0.4, 0.5) is 15.8 Å². The van der Waals surface area contributed by atoms with E-state index in [9.17, 15) is 9.18 Å². The Balaban J connectivity index is 2.05. The Labute approximate surface area is 143 Å². The minimum Gasteiger partial charge on any atom is -0.461 e. The number of azo groups is 1. The van der Waals surface area contributed by atoms with Crippen LogP contribution in [0.15, 0.2) is 64.8 Å². The van der Waals surface area contributed by atoms with Crippen LogP contribution in [0, 0.1) is 5.82 Å². The third-order valence-corrected chi connectivity index (χ3v) is 3.36. The lowest BCUT2D eigenvalue weighted by molar-refractivity contribution is 0.0520. The summed E-state index contributed by atoms with van der Waals surface area (Å²) in [6.07, 6.45) is 0. The lowest BCUT2D eigenvalue weighted by Crippen LogP contribution is -2.05. The number of carbonyl (C=O) groups is 1. The number of hydrogen-bond acceptors (Lipinski definition) is 5. The summed E-state index contributed by atoms with van der Waals surface area (Å²) in [6.45, 7) is 1.93. The third-order valence-electron chi connectivity index (χ3n) is 3.36. The number of aromatic nitrogens is 2. The molecule has 0 fully saturated rings. The molecule has 7 heteroatoms. The van der Waals surface area contributed by atoms with E-state index in [0.717, 1.165) is 0 Å². The molecule has 1 N–H and O–H groups in total. The molecule has 1 heterocycles. The van der Waals surface area contributed by atoms with E-state index in [2.05, 4.69) is 20.4 Å². The van der Waals surface area contributed by atoms with Gasteiger partial charge in [-0.25, -0.2) is 9.18 Å². The number of carbonyl (C=O) groups excluding carboxylic acids is 1. The van der Waals surface area contributed by atoms with Crippen molar-refractivity contribution in [2.24, 2.45) is 10.2 Å². The summed E-state index contributed by atoms with van der Waals surface area (Å²) in [6, 6.07) is 14.8. The number of aromatic amines is 1. The molecule has 6 nitrogen and oxygen atoms in total. The zero-order chi connectivity index (χ0) is 17.6. The summed E-state index contributed by atoms with van der Waals surface area (Å²) < 4.78 is 18.2. The quantitative estimate of drug-likeness (QED) is 0.535. The minimum atomic E-state index is -0.578. The van der Waals surface area contributed by atoms with Crippen LogP contribution in [-0.4, -0.2) is 22.8 Å². The van der Waals surface area contributed by atoms with Crippen LogP contribution in [0.3, 0.4) is 0 Å². The van der Waals surface area contributed by atoms with Gasteiger partial charge < -0.3 is 4.74 Å². The fraction of sp³-hybridized carbons (Fsp3) is 0.111. The number of esters is 1. The molecule has 126 valence electrons. The molecule has 25 heavy (non-hydrogen) atoms. The molecule has 0 aliphatic rings. The molecule has 0 spiro atoms. The van der Waals surface area contributed by atoms with Gasteiger partial charge in [-0.3, -0.25) is 5.10 Å². The van der Waals surface area contributed by atoms with Crippen molar-refractivity contribution in [2.75, 3.05) is 6.61 Å². The lowest BCUT2D eigenvalue weighted by atomic mass is 10.1. The maximum absolute atomic E-state index is 13.2. The molecule has 0 saturated heterocycles. The number of benzene rings is 2. The number of rotatable bonds is 5. The third kappa shape index (κ3) is 3.77. The Morgan fingerprint density at radius 2 is 1.84 bits per heavy atom. The predicted molar refractivity (Wildman–Crippen MR) is 90.6 cm³/mol. The van der Waals surface area contributed by atoms with Gasteiger partial charge >= 0.3 is 5.97 Å². The second-order valence-electron chi connectivity index (χ2n) is 5.06. The van der Waals surface area contributed by atoms with Crippen molar-refractivity contribution in [1.82, 2.24) is 10.2 Å². The van der Waals surface area contributed by atoms with Crippen molar-refractivity contribution in [3.63, 3.8) is 0 Å². The minimum absolute atomic E-state index is 0.0980. The largest absolute Gasteiger partial charge is 0.461 e. The van der Waals surface area contributed by atoms with Crippen LogP contribution >= 0.6 is 0 Å². The van der Waals surface area contributed by atoms with Crippen molar-refractivity contribution in [3.05, 3.63) is 66.1 Å². The van der Waals surface area contributed by atoms with E-state index in [1.54, 1.807) is 31.2 Å². The zero-order valence-electron chi connectivity index (χ0n) is 13.4. The first-order valence-electron chi connectivity index (χ1n) is 7.67. The highest BCUT2D eigenvalue weighted by Crippen LogP contribution is 2.33. The molecule has 3 rings (SSSR count). The highest BCUT2D eigenvalue weighted by Gasteiger charge is 2.21. The van der Waals surface area contributed by atoms with E-state index < -0.39 is 5.97 Å². The summed E-state index contributed by atoms with van der Waals surface area (Å²) >= 11 is 0. The second kappa shape index (κ2) is 7.48. The van der Waals surface area contributed by atoms with Gasteiger partial charge in [0.15, 0.2) is 5.69 Å². The Kier molecular flexibility index (Phi) is 4.94. The van der Waals surface area contributed by atoms with E-state index in [4.69, 9.17) is 4.74 Å². The molecule has 0 saturated carbocycles. The van der Waals surface area contributed by atoms with Crippen LogP contribution in [0.5, 0.6) is 0 Å². The second-order valence-corrected chi connectivity index (χ2v) is 5.06. The molecular formula is C18H15FN4O2. The number of ether oxygens (including phenoxy) is 1. The summed E-state index contributed by atoms with van der Waals surface area (Å²) in [4.78, 5) is 12.1. The number of hydrogen-bond donors (Lipinski definition) is 1. The van der Waals surface area contributed by atoms with E-state index in [1.165, 1.54) is 12.1 Å². The molecule has 3 aromatic rings. The standard InChI is InChI=1S/C18H15FN4O2/c1-2-25-18(24)17-16(22-20-14-6-4-3-5-7-14)15(21-23-17)12-8-10-13(19)11-9-12/h3-11H,2H2,1H3,(H,21,23). The Morgan fingerprint density at radius 3 is 2.52 bits per heavy atom. The van der Waals surface area contributed by atoms with E-state index in [-0.39, 0.29) is 23.8 Å². The van der Waals surface area contributed by atoms with Gasteiger partial charge in [0, 0.05) is 5.56 Å². The smallest absolute Gasteiger partial charge is 0.358 e. The molecule has 0 aliphatic carbocycles. The fourth-order valence-corrected chi connectivity index (χ4v) is 2.19. The first kappa shape index (κ1) is 16.5. The van der Waals surface area contributed by atoms with Crippen molar-refractivity contribution < 1.29 is 13.9 Å². The molecule has 1 aromatic heterocycles. The maximum atomic E-state index is 13.2. The molecule has 0 amide bonds. The summed E-state index contributed by atoms with van der Waals surface area (Å²) in [7, 11) is 0. The van der Waals surface area contributed by atoms with Gasteiger partial charge in [-0.2, -0.15) is 10.2 Å². The average molecular weight is 338 g/mol. The maximum Gasteiger partial charge on any atom is 0.358 e. The molecule has 0 atom stereocenters. The monoisotopic (exact) mass is 338 g/mol. The van der Waals surface area contributed by atoms with Gasteiger partial charge in [-0.15, -0.1) is 5.11 Å². The average Bonchev–Trinajstić information content (AvgIpc) is 3.06. The summed E-state index contributed by atoms with van der Waals surface area (Å²) in [5.41, 5.74) is 1.97. The summed E-state index contributed by atoms with van der Waals surface area (Å²) in [5, 5.41) is 15.1. The summed E-state index contributed by atoms with van der Waals surface area (Å²) in [5.74, 6) is -0.942. The zero-order valence-corrected chi connectivity index (χ0v) is 13.4. The van der Waals surface area contributed by atoms with Gasteiger partial charge in [0.2, 0.25) is 0 Å². The van der Waals surface area contributed by atoms with Gasteiger partial charge in [0.25, 0.3) is 0 Å². The van der Waals surface area contributed by atoms with Crippen molar-refractivity contribution in [1.29, 1.82) is 0 Å². The number of H-pyrrole nitrogens is 1. The molecular weight excluding hydrogens is 323 g/mol. The van der Waals surface area contributed by atoms with Gasteiger partial charge in [0.05, 0.1) is 12.3 Å². The topological polar surface area (TPSA) is 79.7 Å². The van der Waals surface area contributed by atoms with Crippen molar-refractivity contribution in [3.8, 4) is 11.3 Å². The van der Waals surface area contributed by atoms with Gasteiger partial charge in [0.1, 0.15) is 17.2 Å². The van der Waals surface area contributed by atoms with Crippen LogP contribution in [0.1, 0.15) is 17.4 Å². The van der Waals surface area contributed by atoms with Crippen molar-refractivity contribution in [2.45, 2.75) is 6.92 Å². The van der Waals surface area contributed by atoms with Crippen molar-refractivity contribution >= 4 is 17.3 Å². The first-order chi connectivity index (χ1) is 12.2. The highest BCUT2D eigenvalue weighted by molar-refractivity contribution is 5.96. The number of nitrogens with one attached hydrogen (secondary N) is 1. The Hall–Kier alpha value is -3.35. The molecule has 0 radical (unpaired) electrons. The fourth-order valence-electron chi connectivity index (χ4n) is 2.19. The van der Waals surface area contributed by atoms with Crippen LogP contribution in [-0.2, 0) is 4.74 Å². The highest BCUT2D eigenvalue weighted by atomic mass is 19.1. The number of nitrogens with zero attached hydrogens (tertiary/aromatic N) is 3. The van der Waals surface area contributed by atoms with E-state index in [0.29, 0.717) is 16.9 Å². The van der Waals surface area contributed by atoms with Crippen LogP contribution < -0.4 is 0 Å².